The number of hydrogen-bond acceptors (Lipinski definition) is 4. The van der Waals surface area contributed by atoms with Crippen molar-refractivity contribution in [1.82, 2.24) is 5.32 Å². The monoisotopic (exact) mass is 570 g/mol. The van der Waals surface area contributed by atoms with Crippen LogP contribution in [-0.4, -0.2) is 11.1 Å². The second-order valence-corrected chi connectivity index (χ2v) is 10.2. The predicted molar refractivity (Wildman–Crippen MR) is 139 cm³/mol. The second kappa shape index (κ2) is 10.1. The highest BCUT2D eigenvalue weighted by Crippen LogP contribution is 2.37. The van der Waals surface area contributed by atoms with Crippen LogP contribution >= 0.6 is 43.6 Å². The van der Waals surface area contributed by atoms with Gasteiger partial charge in [0.25, 0.3) is 5.91 Å². The number of hydrogen-bond donors (Lipinski definition) is 1. The highest BCUT2D eigenvalue weighted by Gasteiger charge is 2.24. The van der Waals surface area contributed by atoms with Gasteiger partial charge in [-0.15, -0.1) is 0 Å². The standard InChI is InChI=1S/C25H20Br2N2O2S/c1-15-3-7-17(8-4-15)14-31-23-18(11-19(26)13-21(23)27)12-22-24(30)29-25(32-22)28-20-9-5-16(2)6-10-20/h3-13H,14H2,1-2H3,(H,28,29,30)/b22-12-. The van der Waals surface area contributed by atoms with Gasteiger partial charge in [-0.05, 0) is 77.4 Å². The highest BCUT2D eigenvalue weighted by molar-refractivity contribution is 9.11. The molecule has 162 valence electrons. The van der Waals surface area contributed by atoms with Crippen molar-refractivity contribution in [3.63, 3.8) is 0 Å². The Morgan fingerprint density at radius 2 is 1.66 bits per heavy atom. The van der Waals surface area contributed by atoms with Gasteiger partial charge in [0.15, 0.2) is 5.17 Å². The fourth-order valence-corrected chi connectivity index (χ4v) is 5.24. The highest BCUT2D eigenvalue weighted by atomic mass is 79.9. The molecule has 1 fully saturated rings. The Bertz CT molecular complexity index is 1220. The molecular formula is C25H20Br2N2O2S. The van der Waals surface area contributed by atoms with Crippen LogP contribution in [0, 0.1) is 13.8 Å². The van der Waals surface area contributed by atoms with Crippen LogP contribution in [0.2, 0.25) is 0 Å². The number of carbonyl (C=O) groups is 1. The maximum atomic E-state index is 12.6. The maximum Gasteiger partial charge on any atom is 0.264 e. The number of rotatable bonds is 5. The summed E-state index contributed by atoms with van der Waals surface area (Å²) in [6.45, 7) is 4.51. The zero-order valence-corrected chi connectivity index (χ0v) is 21.5. The quantitative estimate of drug-likeness (QED) is 0.327. The fourth-order valence-electron chi connectivity index (χ4n) is 3.04. The van der Waals surface area contributed by atoms with Crippen LogP contribution in [-0.2, 0) is 11.4 Å². The molecule has 4 rings (SSSR count). The van der Waals surface area contributed by atoms with Gasteiger partial charge in [-0.1, -0.05) is 63.5 Å². The molecule has 1 aliphatic heterocycles. The Balaban J connectivity index is 1.59. The molecule has 0 radical (unpaired) electrons. The molecule has 4 nitrogen and oxygen atoms in total. The molecule has 0 atom stereocenters. The van der Waals surface area contributed by atoms with E-state index < -0.39 is 0 Å². The van der Waals surface area contributed by atoms with Gasteiger partial charge in [0.05, 0.1) is 15.1 Å². The zero-order valence-electron chi connectivity index (χ0n) is 17.5. The first-order valence-electron chi connectivity index (χ1n) is 9.91. The maximum absolute atomic E-state index is 12.6. The number of benzene rings is 3. The number of nitrogens with one attached hydrogen (secondary N) is 1. The Morgan fingerprint density at radius 1 is 1.00 bits per heavy atom. The largest absolute Gasteiger partial charge is 0.487 e. The van der Waals surface area contributed by atoms with E-state index in [0.717, 1.165) is 31.3 Å². The third-order valence-corrected chi connectivity index (χ3v) is 6.70. The second-order valence-electron chi connectivity index (χ2n) is 7.40. The van der Waals surface area contributed by atoms with E-state index in [-0.39, 0.29) is 5.91 Å². The number of thioether (sulfide) groups is 1. The SMILES string of the molecule is Cc1ccc(COc2c(Br)cc(Br)cc2/C=C2\SC(=Nc3ccc(C)cc3)NC2=O)cc1. The van der Waals surface area contributed by atoms with Crippen molar-refractivity contribution in [3.8, 4) is 5.75 Å². The molecule has 0 bridgehead atoms. The molecule has 1 heterocycles. The molecule has 1 N–H and O–H groups in total. The van der Waals surface area contributed by atoms with Crippen molar-refractivity contribution < 1.29 is 9.53 Å². The fraction of sp³-hybridized carbons (Fsp3) is 0.120. The lowest BCUT2D eigenvalue weighted by Crippen LogP contribution is -2.19. The van der Waals surface area contributed by atoms with Crippen molar-refractivity contribution in [2.45, 2.75) is 20.5 Å². The van der Waals surface area contributed by atoms with E-state index in [1.165, 1.54) is 17.3 Å². The molecule has 0 unspecified atom stereocenters. The minimum Gasteiger partial charge on any atom is -0.487 e. The number of carbonyl (C=O) groups excluding carboxylic acids is 1. The topological polar surface area (TPSA) is 50.7 Å². The van der Waals surface area contributed by atoms with Crippen LogP contribution in [0.1, 0.15) is 22.3 Å². The number of aliphatic imine (C=N–C) groups is 1. The first kappa shape index (κ1) is 22.8. The van der Waals surface area contributed by atoms with Crippen molar-refractivity contribution in [3.05, 3.63) is 96.8 Å². The molecule has 7 heteroatoms. The average molecular weight is 572 g/mol. The predicted octanol–water partition coefficient (Wildman–Crippen LogP) is 7.30. The van der Waals surface area contributed by atoms with E-state index in [0.29, 0.717) is 22.4 Å². The lowest BCUT2D eigenvalue weighted by Gasteiger charge is -2.13. The number of nitrogens with zero attached hydrogens (tertiary/aromatic N) is 1. The van der Waals surface area contributed by atoms with Gasteiger partial charge in [-0.25, -0.2) is 4.99 Å². The summed E-state index contributed by atoms with van der Waals surface area (Å²) >= 11 is 8.44. The molecule has 0 spiro atoms. The van der Waals surface area contributed by atoms with Gasteiger partial charge in [0.2, 0.25) is 0 Å². The van der Waals surface area contributed by atoms with Gasteiger partial charge >= 0.3 is 0 Å². The number of amidine groups is 1. The molecule has 0 saturated carbocycles. The summed E-state index contributed by atoms with van der Waals surface area (Å²) < 4.78 is 7.84. The van der Waals surface area contributed by atoms with Crippen LogP contribution < -0.4 is 10.1 Å². The molecule has 1 aliphatic rings. The van der Waals surface area contributed by atoms with E-state index >= 15 is 0 Å². The number of aryl methyl sites for hydroxylation is 2. The van der Waals surface area contributed by atoms with Gasteiger partial charge in [0, 0.05) is 10.0 Å². The van der Waals surface area contributed by atoms with Crippen molar-refractivity contribution in [2.24, 2.45) is 4.99 Å². The van der Waals surface area contributed by atoms with Crippen LogP contribution in [0.25, 0.3) is 6.08 Å². The Morgan fingerprint density at radius 3 is 2.34 bits per heavy atom. The first-order valence-corrected chi connectivity index (χ1v) is 12.3. The van der Waals surface area contributed by atoms with E-state index in [2.05, 4.69) is 61.2 Å². The van der Waals surface area contributed by atoms with Crippen molar-refractivity contribution >= 4 is 66.5 Å². The van der Waals surface area contributed by atoms with Crippen molar-refractivity contribution in [1.29, 1.82) is 0 Å². The van der Waals surface area contributed by atoms with E-state index in [1.807, 2.05) is 61.5 Å². The van der Waals surface area contributed by atoms with E-state index in [1.54, 1.807) is 0 Å². The molecule has 3 aromatic carbocycles. The Labute approximate surface area is 208 Å². The van der Waals surface area contributed by atoms with Crippen molar-refractivity contribution in [2.75, 3.05) is 0 Å². The minimum absolute atomic E-state index is 0.179. The first-order chi connectivity index (χ1) is 15.4. The number of halogens is 2. The molecular weight excluding hydrogens is 552 g/mol. The zero-order chi connectivity index (χ0) is 22.7. The molecule has 1 saturated heterocycles. The van der Waals surface area contributed by atoms with Gasteiger partial charge in [-0.2, -0.15) is 0 Å². The Hall–Kier alpha value is -2.35. The molecule has 1 amide bonds. The van der Waals surface area contributed by atoms with Crippen LogP contribution in [0.5, 0.6) is 5.75 Å². The Kier molecular flexibility index (Phi) is 7.18. The summed E-state index contributed by atoms with van der Waals surface area (Å²) in [6.07, 6.45) is 1.83. The van der Waals surface area contributed by atoms with Crippen LogP contribution in [0.3, 0.4) is 0 Å². The normalized spacial score (nSPS) is 15.9. The van der Waals surface area contributed by atoms with Gasteiger partial charge < -0.3 is 10.1 Å². The molecule has 3 aromatic rings. The summed E-state index contributed by atoms with van der Waals surface area (Å²) in [5, 5.41) is 3.40. The van der Waals surface area contributed by atoms with Gasteiger partial charge in [0.1, 0.15) is 12.4 Å². The molecule has 0 aliphatic carbocycles. The summed E-state index contributed by atoms with van der Waals surface area (Å²) in [6, 6.07) is 19.9. The third-order valence-electron chi connectivity index (χ3n) is 4.74. The summed E-state index contributed by atoms with van der Waals surface area (Å²) in [4.78, 5) is 17.7. The number of amides is 1. The lowest BCUT2D eigenvalue weighted by molar-refractivity contribution is -0.115. The third kappa shape index (κ3) is 5.71. The molecule has 0 aromatic heterocycles. The van der Waals surface area contributed by atoms with Gasteiger partial charge in [-0.3, -0.25) is 4.79 Å². The van der Waals surface area contributed by atoms with E-state index in [9.17, 15) is 4.79 Å². The number of ether oxygens (including phenoxy) is 1. The summed E-state index contributed by atoms with van der Waals surface area (Å²) in [7, 11) is 0. The lowest BCUT2D eigenvalue weighted by atomic mass is 10.1. The summed E-state index contributed by atoms with van der Waals surface area (Å²) in [5.41, 5.74) is 5.04. The smallest absolute Gasteiger partial charge is 0.264 e. The van der Waals surface area contributed by atoms with Crippen LogP contribution in [0.4, 0.5) is 5.69 Å². The molecule has 32 heavy (non-hydrogen) atoms. The van der Waals surface area contributed by atoms with E-state index in [4.69, 9.17) is 4.74 Å². The minimum atomic E-state index is -0.179. The average Bonchev–Trinajstić information content (AvgIpc) is 3.09. The van der Waals surface area contributed by atoms with Crippen LogP contribution in [0.15, 0.2) is 79.5 Å². The summed E-state index contributed by atoms with van der Waals surface area (Å²) in [5.74, 6) is 0.500.